The largest absolute Gasteiger partial charge is 0.481 e. The van der Waals surface area contributed by atoms with E-state index in [2.05, 4.69) is 15.9 Å². The third kappa shape index (κ3) is 5.71. The summed E-state index contributed by atoms with van der Waals surface area (Å²) in [5.41, 5.74) is 1.68. The first-order valence-corrected chi connectivity index (χ1v) is 10.5. The quantitative estimate of drug-likeness (QED) is 0.562. The SMILES string of the molecule is O=C(O)COc1ccc(Br)cc1/C=C1\SC(=O)N(CCCc2ccccc2)C1=O. The molecule has 1 aliphatic heterocycles. The number of hydrogen-bond donors (Lipinski definition) is 1. The molecule has 150 valence electrons. The predicted molar refractivity (Wildman–Crippen MR) is 115 cm³/mol. The molecule has 0 spiro atoms. The van der Waals surface area contributed by atoms with Crippen LogP contribution in [0.15, 0.2) is 57.9 Å². The fourth-order valence-electron chi connectivity index (χ4n) is 2.82. The standard InChI is InChI=1S/C21H18BrNO5S/c22-16-8-9-17(28-13-19(24)25)15(11-16)12-18-20(26)23(21(27)29-18)10-4-7-14-5-2-1-3-6-14/h1-3,5-6,8-9,11-12H,4,7,10,13H2,(H,24,25)/b18-12-. The van der Waals surface area contributed by atoms with Crippen LogP contribution in [0.1, 0.15) is 17.5 Å². The first-order chi connectivity index (χ1) is 13.9. The number of carboxylic acids is 1. The van der Waals surface area contributed by atoms with Gasteiger partial charge in [0.15, 0.2) is 6.61 Å². The zero-order valence-electron chi connectivity index (χ0n) is 15.3. The van der Waals surface area contributed by atoms with E-state index in [-0.39, 0.29) is 16.1 Å². The highest BCUT2D eigenvalue weighted by Gasteiger charge is 2.34. The summed E-state index contributed by atoms with van der Waals surface area (Å²) in [7, 11) is 0. The lowest BCUT2D eigenvalue weighted by atomic mass is 10.1. The van der Waals surface area contributed by atoms with Crippen LogP contribution in [0, 0.1) is 0 Å². The Labute approximate surface area is 180 Å². The molecule has 29 heavy (non-hydrogen) atoms. The highest BCUT2D eigenvalue weighted by atomic mass is 79.9. The molecule has 1 aliphatic rings. The number of carbonyl (C=O) groups excluding carboxylic acids is 2. The number of thioether (sulfide) groups is 1. The van der Waals surface area contributed by atoms with Crippen LogP contribution in [-0.2, 0) is 16.0 Å². The number of hydrogen-bond acceptors (Lipinski definition) is 5. The lowest BCUT2D eigenvalue weighted by Gasteiger charge is -2.12. The van der Waals surface area contributed by atoms with Gasteiger partial charge in [-0.15, -0.1) is 0 Å². The lowest BCUT2D eigenvalue weighted by molar-refractivity contribution is -0.139. The van der Waals surface area contributed by atoms with Gasteiger partial charge in [-0.25, -0.2) is 4.79 Å². The van der Waals surface area contributed by atoms with Crippen LogP contribution in [0.4, 0.5) is 4.79 Å². The van der Waals surface area contributed by atoms with E-state index < -0.39 is 12.6 Å². The maximum absolute atomic E-state index is 12.7. The van der Waals surface area contributed by atoms with E-state index in [4.69, 9.17) is 9.84 Å². The number of rotatable bonds is 8. The van der Waals surface area contributed by atoms with Crippen molar-refractivity contribution >= 4 is 50.9 Å². The number of ether oxygens (including phenoxy) is 1. The number of carboxylic acid groups (broad SMARTS) is 1. The van der Waals surface area contributed by atoms with E-state index in [1.165, 1.54) is 4.90 Å². The second-order valence-electron chi connectivity index (χ2n) is 6.29. The second kappa shape index (κ2) is 9.76. The van der Waals surface area contributed by atoms with Crippen molar-refractivity contribution in [2.45, 2.75) is 12.8 Å². The van der Waals surface area contributed by atoms with Crippen LogP contribution in [0.25, 0.3) is 6.08 Å². The normalized spacial score (nSPS) is 15.2. The Morgan fingerprint density at radius 2 is 1.93 bits per heavy atom. The minimum Gasteiger partial charge on any atom is -0.481 e. The summed E-state index contributed by atoms with van der Waals surface area (Å²) in [4.78, 5) is 37.3. The summed E-state index contributed by atoms with van der Waals surface area (Å²) in [6, 6.07) is 14.9. The van der Waals surface area contributed by atoms with E-state index in [0.29, 0.717) is 24.3 Å². The molecule has 2 aromatic rings. The molecule has 1 heterocycles. The maximum Gasteiger partial charge on any atom is 0.341 e. The van der Waals surface area contributed by atoms with Gasteiger partial charge < -0.3 is 9.84 Å². The van der Waals surface area contributed by atoms with Crippen LogP contribution < -0.4 is 4.74 Å². The molecule has 6 nitrogen and oxygen atoms in total. The Bertz CT molecular complexity index is 961. The fraction of sp³-hybridized carbons (Fsp3) is 0.190. The number of carbonyl (C=O) groups is 3. The van der Waals surface area contributed by atoms with Gasteiger partial charge in [-0.05, 0) is 54.4 Å². The number of halogens is 1. The van der Waals surface area contributed by atoms with Crippen molar-refractivity contribution in [1.82, 2.24) is 4.90 Å². The number of aryl methyl sites for hydroxylation is 1. The molecule has 2 aromatic carbocycles. The Morgan fingerprint density at radius 3 is 2.66 bits per heavy atom. The number of aliphatic carboxylic acids is 1. The highest BCUT2D eigenvalue weighted by Crippen LogP contribution is 2.35. The van der Waals surface area contributed by atoms with Crippen LogP contribution in [0.3, 0.4) is 0 Å². The molecule has 0 aliphatic carbocycles. The van der Waals surface area contributed by atoms with E-state index in [1.54, 1.807) is 24.3 Å². The predicted octanol–water partition coefficient (Wildman–Crippen LogP) is 4.58. The molecule has 0 atom stereocenters. The highest BCUT2D eigenvalue weighted by molar-refractivity contribution is 9.10. The van der Waals surface area contributed by atoms with E-state index >= 15 is 0 Å². The number of nitrogens with zero attached hydrogens (tertiary/aromatic N) is 1. The monoisotopic (exact) mass is 475 g/mol. The summed E-state index contributed by atoms with van der Waals surface area (Å²) >= 11 is 4.22. The van der Waals surface area contributed by atoms with Crippen LogP contribution in [0.5, 0.6) is 5.75 Å². The Kier molecular flexibility index (Phi) is 7.11. The first-order valence-electron chi connectivity index (χ1n) is 8.87. The summed E-state index contributed by atoms with van der Waals surface area (Å²) in [5, 5.41) is 8.51. The summed E-state index contributed by atoms with van der Waals surface area (Å²) < 4.78 is 6.03. The molecule has 0 aromatic heterocycles. The minimum absolute atomic E-state index is 0.285. The average molecular weight is 476 g/mol. The number of benzene rings is 2. The zero-order valence-corrected chi connectivity index (χ0v) is 17.7. The average Bonchev–Trinajstić information content (AvgIpc) is 2.95. The van der Waals surface area contributed by atoms with Crippen molar-refractivity contribution < 1.29 is 24.2 Å². The Hall–Kier alpha value is -2.58. The van der Waals surface area contributed by atoms with E-state index in [0.717, 1.165) is 28.2 Å². The summed E-state index contributed by atoms with van der Waals surface area (Å²) in [6.45, 7) is -0.152. The molecule has 0 radical (unpaired) electrons. The first kappa shape index (κ1) is 21.1. The van der Waals surface area contributed by atoms with Gasteiger partial charge in [0, 0.05) is 16.6 Å². The molecule has 0 saturated carbocycles. The van der Waals surface area contributed by atoms with Gasteiger partial charge in [0.25, 0.3) is 11.1 Å². The van der Waals surface area contributed by atoms with E-state index in [9.17, 15) is 14.4 Å². The smallest absolute Gasteiger partial charge is 0.341 e. The van der Waals surface area contributed by atoms with Crippen LogP contribution in [-0.4, -0.2) is 40.3 Å². The van der Waals surface area contributed by atoms with Gasteiger partial charge >= 0.3 is 5.97 Å². The molecule has 8 heteroatoms. The maximum atomic E-state index is 12.7. The van der Waals surface area contributed by atoms with Gasteiger partial charge in [0.05, 0.1) is 4.91 Å². The van der Waals surface area contributed by atoms with Crippen molar-refractivity contribution in [3.63, 3.8) is 0 Å². The van der Waals surface area contributed by atoms with Crippen LogP contribution in [0.2, 0.25) is 0 Å². The van der Waals surface area contributed by atoms with Gasteiger partial charge in [0.2, 0.25) is 0 Å². The van der Waals surface area contributed by atoms with Crippen LogP contribution >= 0.6 is 27.7 Å². The second-order valence-corrected chi connectivity index (χ2v) is 8.20. The summed E-state index contributed by atoms with van der Waals surface area (Å²) in [6.07, 6.45) is 3.02. The molecule has 3 rings (SSSR count). The summed E-state index contributed by atoms with van der Waals surface area (Å²) in [5.74, 6) is -1.12. The van der Waals surface area contributed by atoms with Crippen molar-refractivity contribution in [3.8, 4) is 5.75 Å². The topological polar surface area (TPSA) is 83.9 Å². The van der Waals surface area contributed by atoms with Gasteiger partial charge in [-0.2, -0.15) is 0 Å². The molecule has 0 unspecified atom stereocenters. The van der Waals surface area contributed by atoms with Crippen molar-refractivity contribution in [1.29, 1.82) is 0 Å². The molecule has 1 saturated heterocycles. The van der Waals surface area contributed by atoms with Crippen molar-refractivity contribution in [2.75, 3.05) is 13.2 Å². The van der Waals surface area contributed by atoms with E-state index in [1.807, 2.05) is 30.3 Å². The molecule has 2 amide bonds. The molecule has 1 fully saturated rings. The minimum atomic E-state index is -1.10. The Balaban J connectivity index is 1.71. The molecule has 0 bridgehead atoms. The third-order valence-corrected chi connectivity index (χ3v) is 5.57. The third-order valence-electron chi connectivity index (χ3n) is 4.17. The fourth-order valence-corrected chi connectivity index (χ4v) is 4.06. The zero-order chi connectivity index (χ0) is 20.8. The molecule has 1 N–H and O–H groups in total. The number of amides is 2. The van der Waals surface area contributed by atoms with Gasteiger partial charge in [0.1, 0.15) is 5.75 Å². The molecular formula is C21H18BrNO5S. The number of imide groups is 1. The Morgan fingerprint density at radius 1 is 1.17 bits per heavy atom. The molecular weight excluding hydrogens is 458 g/mol. The van der Waals surface area contributed by atoms with Gasteiger partial charge in [-0.3, -0.25) is 14.5 Å². The van der Waals surface area contributed by atoms with Crippen molar-refractivity contribution in [2.24, 2.45) is 0 Å². The lowest BCUT2D eigenvalue weighted by Crippen LogP contribution is -2.29. The van der Waals surface area contributed by atoms with Gasteiger partial charge in [-0.1, -0.05) is 46.3 Å². The van der Waals surface area contributed by atoms with Crippen molar-refractivity contribution in [3.05, 3.63) is 69.0 Å².